The lowest BCUT2D eigenvalue weighted by molar-refractivity contribution is 0.0669. The van der Waals surface area contributed by atoms with Crippen LogP contribution in [-0.4, -0.2) is 27.1 Å². The normalized spacial score (nSPS) is 16.1. The predicted octanol–water partition coefficient (Wildman–Crippen LogP) is 4.92. The molecule has 4 nitrogen and oxygen atoms in total. The Balaban J connectivity index is 1.74. The fourth-order valence-electron chi connectivity index (χ4n) is 3.92. The monoisotopic (exact) mass is 419 g/mol. The number of rotatable bonds is 2. The molecule has 0 saturated heterocycles. The summed E-state index contributed by atoms with van der Waals surface area (Å²) in [6.07, 6.45) is 0.415. The first-order valence-electron chi connectivity index (χ1n) is 9.05. The summed E-state index contributed by atoms with van der Waals surface area (Å²) in [7, 11) is 1.68. The summed E-state index contributed by atoms with van der Waals surface area (Å²) in [4.78, 5) is 14.5. The van der Waals surface area contributed by atoms with Crippen LogP contribution in [0, 0.1) is 17.5 Å². The van der Waals surface area contributed by atoms with Crippen LogP contribution in [0.3, 0.4) is 0 Å². The van der Waals surface area contributed by atoms with Crippen LogP contribution in [0.5, 0.6) is 0 Å². The number of carbonyl (C=O) groups excluding carboxylic acids is 1. The van der Waals surface area contributed by atoms with E-state index in [1.165, 1.54) is 35.2 Å². The van der Waals surface area contributed by atoms with Crippen LogP contribution in [0.1, 0.15) is 34.6 Å². The van der Waals surface area contributed by atoms with E-state index in [2.05, 4.69) is 5.10 Å². The number of benzene rings is 2. The minimum absolute atomic E-state index is 0.0462. The molecule has 2 aromatic carbocycles. The number of hydrogen-bond donors (Lipinski definition) is 0. The lowest BCUT2D eigenvalue weighted by Gasteiger charge is -2.33. The Kier molecular flexibility index (Phi) is 4.86. The van der Waals surface area contributed by atoms with Crippen molar-refractivity contribution in [3.8, 4) is 11.3 Å². The largest absolute Gasteiger partial charge is 0.330 e. The SMILES string of the molecule is C[C@H]1c2nn(C)c(-c3cc(F)cc(F)c3)c2CCN1C(=O)c1c(F)cccc1Cl. The van der Waals surface area contributed by atoms with Gasteiger partial charge in [-0.1, -0.05) is 17.7 Å². The van der Waals surface area contributed by atoms with E-state index in [0.717, 1.165) is 11.6 Å². The van der Waals surface area contributed by atoms with Crippen molar-refractivity contribution in [2.75, 3.05) is 6.54 Å². The molecule has 0 spiro atoms. The maximum Gasteiger partial charge on any atom is 0.258 e. The van der Waals surface area contributed by atoms with Crippen LogP contribution in [-0.2, 0) is 13.5 Å². The number of hydrogen-bond acceptors (Lipinski definition) is 2. The zero-order chi connectivity index (χ0) is 20.9. The molecule has 1 aromatic heterocycles. The third-order valence-corrected chi connectivity index (χ3v) is 5.53. The van der Waals surface area contributed by atoms with Gasteiger partial charge >= 0.3 is 0 Å². The molecule has 1 aliphatic rings. The smallest absolute Gasteiger partial charge is 0.258 e. The third-order valence-electron chi connectivity index (χ3n) is 5.22. The van der Waals surface area contributed by atoms with Gasteiger partial charge in [-0.3, -0.25) is 9.48 Å². The zero-order valence-corrected chi connectivity index (χ0v) is 16.5. The first kappa shape index (κ1) is 19.5. The summed E-state index contributed by atoms with van der Waals surface area (Å²) in [5, 5.41) is 4.54. The third kappa shape index (κ3) is 3.29. The molecule has 0 unspecified atom stereocenters. The summed E-state index contributed by atoms with van der Waals surface area (Å²) in [6, 6.07) is 6.96. The van der Waals surface area contributed by atoms with Gasteiger partial charge in [-0.15, -0.1) is 0 Å². The highest BCUT2D eigenvalue weighted by Crippen LogP contribution is 2.37. The summed E-state index contributed by atoms with van der Waals surface area (Å²) in [5.41, 5.74) is 2.23. The Hall–Kier alpha value is -2.80. The van der Waals surface area contributed by atoms with Crippen LogP contribution < -0.4 is 0 Å². The molecule has 3 aromatic rings. The second kappa shape index (κ2) is 7.22. The van der Waals surface area contributed by atoms with Gasteiger partial charge in [0.05, 0.1) is 28.0 Å². The molecule has 1 aliphatic heterocycles. The average Bonchev–Trinajstić information content (AvgIpc) is 2.98. The minimum Gasteiger partial charge on any atom is -0.330 e. The number of aromatic nitrogens is 2. The molecule has 0 fully saturated rings. The van der Waals surface area contributed by atoms with Crippen LogP contribution in [0.4, 0.5) is 13.2 Å². The molecular formula is C21H17ClF3N3O. The van der Waals surface area contributed by atoms with Crippen molar-refractivity contribution in [1.82, 2.24) is 14.7 Å². The molecule has 0 N–H and O–H groups in total. The van der Waals surface area contributed by atoms with E-state index >= 15 is 0 Å². The van der Waals surface area contributed by atoms with Gasteiger partial charge < -0.3 is 4.90 Å². The number of carbonyl (C=O) groups is 1. The molecule has 0 radical (unpaired) electrons. The van der Waals surface area contributed by atoms with Crippen molar-refractivity contribution in [3.63, 3.8) is 0 Å². The summed E-state index contributed by atoms with van der Waals surface area (Å²) < 4.78 is 43.2. The molecule has 1 amide bonds. The predicted molar refractivity (Wildman–Crippen MR) is 103 cm³/mol. The summed E-state index contributed by atoms with van der Waals surface area (Å²) >= 11 is 6.05. The van der Waals surface area contributed by atoms with Gasteiger partial charge in [0.2, 0.25) is 0 Å². The first-order chi connectivity index (χ1) is 13.8. The molecule has 0 bridgehead atoms. The number of amides is 1. The lowest BCUT2D eigenvalue weighted by Crippen LogP contribution is -2.39. The fourth-order valence-corrected chi connectivity index (χ4v) is 4.16. The van der Waals surface area contributed by atoms with Crippen molar-refractivity contribution in [2.45, 2.75) is 19.4 Å². The Labute approximate surface area is 170 Å². The van der Waals surface area contributed by atoms with Gasteiger partial charge in [-0.05, 0) is 37.6 Å². The quantitative estimate of drug-likeness (QED) is 0.591. The molecule has 4 rings (SSSR count). The molecule has 0 saturated carbocycles. The van der Waals surface area contributed by atoms with E-state index in [4.69, 9.17) is 11.6 Å². The molecule has 1 atom stereocenters. The van der Waals surface area contributed by atoms with Gasteiger partial charge in [0, 0.05) is 30.8 Å². The van der Waals surface area contributed by atoms with Crippen molar-refractivity contribution < 1.29 is 18.0 Å². The Bertz CT molecular complexity index is 1090. The molecule has 0 aliphatic carbocycles. The second-order valence-corrected chi connectivity index (χ2v) is 7.42. The van der Waals surface area contributed by atoms with Gasteiger partial charge in [0.1, 0.15) is 17.5 Å². The molecule has 8 heteroatoms. The van der Waals surface area contributed by atoms with Crippen LogP contribution >= 0.6 is 11.6 Å². The Morgan fingerprint density at radius 1 is 1.17 bits per heavy atom. The fraction of sp³-hybridized carbons (Fsp3) is 0.238. The molecule has 29 heavy (non-hydrogen) atoms. The molecule has 2 heterocycles. The number of nitrogens with zero attached hydrogens (tertiary/aromatic N) is 3. The average molecular weight is 420 g/mol. The number of fused-ring (bicyclic) bond motifs is 1. The van der Waals surface area contributed by atoms with Crippen LogP contribution in [0.25, 0.3) is 11.3 Å². The first-order valence-corrected chi connectivity index (χ1v) is 9.43. The highest BCUT2D eigenvalue weighted by atomic mass is 35.5. The summed E-state index contributed by atoms with van der Waals surface area (Å²) in [6.45, 7) is 2.09. The van der Waals surface area contributed by atoms with E-state index in [9.17, 15) is 18.0 Å². The highest BCUT2D eigenvalue weighted by molar-refractivity contribution is 6.33. The number of halogens is 4. The van der Waals surface area contributed by atoms with Crippen LogP contribution in [0.15, 0.2) is 36.4 Å². The van der Waals surface area contributed by atoms with Gasteiger partial charge in [-0.2, -0.15) is 5.10 Å². The van der Waals surface area contributed by atoms with Crippen molar-refractivity contribution in [3.05, 3.63) is 75.7 Å². The topological polar surface area (TPSA) is 38.1 Å². The Morgan fingerprint density at radius 3 is 2.52 bits per heavy atom. The highest BCUT2D eigenvalue weighted by Gasteiger charge is 2.35. The van der Waals surface area contributed by atoms with Gasteiger partial charge in [0.25, 0.3) is 5.91 Å². The maximum absolute atomic E-state index is 14.2. The minimum atomic E-state index is -0.683. The summed E-state index contributed by atoms with van der Waals surface area (Å²) in [5.74, 6) is -2.55. The standard InChI is InChI=1S/C21H17ClF3N3O/c1-11-19-15(20(27(2)26-19)12-8-13(23)10-14(24)9-12)6-7-28(11)21(29)18-16(22)4-3-5-17(18)25/h3-5,8-11H,6-7H2,1-2H3/t11-/m0/s1. The molecule has 150 valence electrons. The van der Waals surface area contributed by atoms with Crippen LogP contribution in [0.2, 0.25) is 5.02 Å². The molecular weight excluding hydrogens is 403 g/mol. The van der Waals surface area contributed by atoms with Crippen molar-refractivity contribution in [2.24, 2.45) is 7.05 Å². The van der Waals surface area contributed by atoms with E-state index in [-0.39, 0.29) is 10.6 Å². The van der Waals surface area contributed by atoms with E-state index < -0.39 is 29.4 Å². The van der Waals surface area contributed by atoms with Crippen molar-refractivity contribution >= 4 is 17.5 Å². The van der Waals surface area contributed by atoms with E-state index in [0.29, 0.717) is 29.9 Å². The maximum atomic E-state index is 14.2. The Morgan fingerprint density at radius 2 is 1.86 bits per heavy atom. The second-order valence-electron chi connectivity index (χ2n) is 7.02. The number of aryl methyl sites for hydroxylation is 1. The van der Waals surface area contributed by atoms with Crippen molar-refractivity contribution in [1.29, 1.82) is 0 Å². The van der Waals surface area contributed by atoms with Gasteiger partial charge in [-0.25, -0.2) is 13.2 Å². The van der Waals surface area contributed by atoms with Gasteiger partial charge in [0.15, 0.2) is 0 Å². The lowest BCUT2D eigenvalue weighted by atomic mass is 9.95. The van der Waals surface area contributed by atoms with E-state index in [1.807, 2.05) is 0 Å². The zero-order valence-electron chi connectivity index (χ0n) is 15.7. The van der Waals surface area contributed by atoms with E-state index in [1.54, 1.807) is 18.7 Å².